The molecule has 0 heterocycles. The fraction of sp³-hybridized carbons (Fsp3) is 0.630. The van der Waals surface area contributed by atoms with Crippen LogP contribution in [0.1, 0.15) is 139 Å². The first kappa shape index (κ1) is 35.0. The fourth-order valence-corrected chi connectivity index (χ4v) is 13.6. The van der Waals surface area contributed by atoms with Crippen molar-refractivity contribution in [1.29, 1.82) is 0 Å². The topological polar surface area (TPSA) is 80.7 Å². The molecule has 272 valence electrons. The number of rotatable bonds is 3. The van der Waals surface area contributed by atoms with E-state index >= 15 is 0 Å². The van der Waals surface area contributed by atoms with Gasteiger partial charge in [-0.25, -0.2) is 4.79 Å². The van der Waals surface area contributed by atoms with Gasteiger partial charge in [-0.3, -0.25) is 9.59 Å². The summed E-state index contributed by atoms with van der Waals surface area (Å²) in [4.78, 5) is 36.4. The minimum atomic E-state index is -0.303. The highest BCUT2D eigenvalue weighted by Crippen LogP contribution is 2.67. The van der Waals surface area contributed by atoms with Crippen molar-refractivity contribution in [2.75, 3.05) is 0 Å². The molecule has 2 aromatic carbocycles. The van der Waals surface area contributed by atoms with Gasteiger partial charge in [-0.15, -0.1) is 0 Å². The number of hydrogen-bond donors (Lipinski definition) is 1. The summed E-state index contributed by atoms with van der Waals surface area (Å²) in [6, 6.07) is 15.4. The summed E-state index contributed by atoms with van der Waals surface area (Å²) in [5.74, 6) is 5.54. The van der Waals surface area contributed by atoms with E-state index in [2.05, 4.69) is 32.9 Å². The molecule has 5 fully saturated rings. The van der Waals surface area contributed by atoms with Crippen LogP contribution in [0.3, 0.4) is 0 Å². The molecular weight excluding hydrogens is 633 g/mol. The number of fused-ring (bicyclic) bond motifs is 10. The number of esters is 1. The van der Waals surface area contributed by atoms with Gasteiger partial charge in [0.1, 0.15) is 11.5 Å². The highest BCUT2D eigenvalue weighted by Gasteiger charge is 2.60. The second kappa shape index (κ2) is 13.1. The Morgan fingerprint density at radius 3 is 2.25 bits per heavy atom. The van der Waals surface area contributed by atoms with Gasteiger partial charge < -0.3 is 9.84 Å². The summed E-state index contributed by atoms with van der Waals surface area (Å²) in [5, 5.41) is 10.5. The van der Waals surface area contributed by atoms with Crippen LogP contribution in [0.2, 0.25) is 0 Å². The maximum absolute atomic E-state index is 12.4. The number of aryl methyl sites for hydroxylation is 1. The number of carbonyl (C=O) groups is 3. The summed E-state index contributed by atoms with van der Waals surface area (Å²) in [6.07, 6.45) is 17.4. The van der Waals surface area contributed by atoms with Gasteiger partial charge in [-0.2, -0.15) is 0 Å². The number of ether oxygens (including phenoxy) is 1. The lowest BCUT2D eigenvalue weighted by Gasteiger charge is -2.58. The molecule has 51 heavy (non-hydrogen) atoms. The Morgan fingerprint density at radius 1 is 0.745 bits per heavy atom. The van der Waals surface area contributed by atoms with Gasteiger partial charge in [-0.05, 0) is 184 Å². The Kier molecular flexibility index (Phi) is 9.00. The zero-order chi connectivity index (χ0) is 35.7. The maximum Gasteiger partial charge on any atom is 0.343 e. The van der Waals surface area contributed by atoms with Crippen molar-refractivity contribution >= 4 is 17.5 Å². The summed E-state index contributed by atoms with van der Waals surface area (Å²) < 4.78 is 5.63. The zero-order valence-electron chi connectivity index (χ0n) is 31.3. The largest absolute Gasteiger partial charge is 0.423 e. The molecule has 2 aromatic rings. The van der Waals surface area contributed by atoms with Crippen molar-refractivity contribution in [3.05, 3.63) is 76.9 Å². The fourth-order valence-electron chi connectivity index (χ4n) is 13.6. The van der Waals surface area contributed by atoms with Crippen molar-refractivity contribution in [2.45, 2.75) is 130 Å². The first-order valence-corrected chi connectivity index (χ1v) is 20.2. The lowest BCUT2D eigenvalue weighted by atomic mass is 9.47. The third-order valence-electron chi connectivity index (χ3n) is 16.3. The molecule has 5 heteroatoms. The molecule has 7 aliphatic carbocycles. The van der Waals surface area contributed by atoms with E-state index in [1.807, 2.05) is 30.3 Å². The second-order valence-electron chi connectivity index (χ2n) is 18.4. The molecule has 5 saturated carbocycles. The third-order valence-corrected chi connectivity index (χ3v) is 16.3. The average molecular weight is 691 g/mol. The molecule has 9 rings (SSSR count). The highest BCUT2D eigenvalue weighted by atomic mass is 16.5. The Bertz CT molecular complexity index is 1730. The van der Waals surface area contributed by atoms with E-state index in [9.17, 15) is 19.5 Å². The maximum atomic E-state index is 12.4. The van der Waals surface area contributed by atoms with Gasteiger partial charge in [0.05, 0.1) is 11.7 Å². The van der Waals surface area contributed by atoms with Crippen molar-refractivity contribution in [3.8, 4) is 5.75 Å². The number of aliphatic hydroxyl groups is 1. The van der Waals surface area contributed by atoms with Gasteiger partial charge in [0.25, 0.3) is 0 Å². The molecule has 0 radical (unpaired) electrons. The Hall–Kier alpha value is -3.05. The molecule has 0 aromatic heterocycles. The van der Waals surface area contributed by atoms with Crippen LogP contribution >= 0.6 is 0 Å². The van der Waals surface area contributed by atoms with Crippen molar-refractivity contribution in [1.82, 2.24) is 0 Å². The number of Topliss-reactive ketones (excluding diaryl/α,β-unsaturated/α-hetero) is 1. The normalized spacial score (nSPS) is 40.5. The van der Waals surface area contributed by atoms with Crippen molar-refractivity contribution in [3.63, 3.8) is 0 Å². The van der Waals surface area contributed by atoms with E-state index in [0.717, 1.165) is 69.1 Å². The summed E-state index contributed by atoms with van der Waals surface area (Å²) in [5.41, 5.74) is 5.41. The van der Waals surface area contributed by atoms with Crippen LogP contribution in [-0.4, -0.2) is 28.7 Å². The second-order valence-corrected chi connectivity index (χ2v) is 18.4. The van der Waals surface area contributed by atoms with Crippen LogP contribution in [0.15, 0.2) is 60.2 Å². The smallest absolute Gasteiger partial charge is 0.343 e. The standard InChI is InChI=1S/C25H28O3.C21H30O2/c1-25-14-13-20-19-10-8-18(28-24(27)16-5-3-2-4-6-16)15-17(19)7-9-21(20)22(25)11-12-23(25)26;1-13(22)17-6-7-18-16-5-4-14-12-15(23)8-10-20(14,2)19(16)9-11-21(17,18)3/h2-6,8,10,15,20-23,26H,7,9,11-14H2,1H3;12,16-19H,4-11H2,1-3H3/t20-,21-,22+,23+,25+;16-,17+,18-,19-,20-,21+/m10/s1. The zero-order valence-corrected chi connectivity index (χ0v) is 31.3. The van der Waals surface area contributed by atoms with Crippen LogP contribution in [0.4, 0.5) is 0 Å². The molecule has 11 atom stereocenters. The summed E-state index contributed by atoms with van der Waals surface area (Å²) in [7, 11) is 0. The first-order chi connectivity index (χ1) is 24.4. The molecule has 0 unspecified atom stereocenters. The number of allylic oxidation sites excluding steroid dienone is 1. The number of ketones is 2. The Labute approximate surface area is 305 Å². The van der Waals surface area contributed by atoms with E-state index in [-0.39, 0.29) is 28.3 Å². The van der Waals surface area contributed by atoms with Crippen LogP contribution in [-0.2, 0) is 16.0 Å². The van der Waals surface area contributed by atoms with Crippen LogP contribution in [0, 0.1) is 51.8 Å². The predicted molar refractivity (Wildman–Crippen MR) is 199 cm³/mol. The number of benzene rings is 2. The van der Waals surface area contributed by atoms with Gasteiger partial charge in [0.2, 0.25) is 0 Å². The van der Waals surface area contributed by atoms with Crippen LogP contribution < -0.4 is 4.74 Å². The van der Waals surface area contributed by atoms with E-state index in [4.69, 9.17) is 4.74 Å². The van der Waals surface area contributed by atoms with E-state index < -0.39 is 0 Å². The molecule has 0 aliphatic heterocycles. The Balaban J connectivity index is 0.000000150. The van der Waals surface area contributed by atoms with Gasteiger partial charge in [0, 0.05) is 12.3 Å². The molecule has 0 spiro atoms. The van der Waals surface area contributed by atoms with Gasteiger partial charge in [-0.1, -0.05) is 50.6 Å². The molecule has 0 amide bonds. The molecule has 7 aliphatic rings. The van der Waals surface area contributed by atoms with E-state index in [0.29, 0.717) is 46.6 Å². The molecular formula is C46H58O5. The lowest BCUT2D eigenvalue weighted by Crippen LogP contribution is -2.51. The van der Waals surface area contributed by atoms with Crippen LogP contribution in [0.5, 0.6) is 5.75 Å². The predicted octanol–water partition coefficient (Wildman–Crippen LogP) is 9.85. The van der Waals surface area contributed by atoms with Gasteiger partial charge >= 0.3 is 5.97 Å². The summed E-state index contributed by atoms with van der Waals surface area (Å²) in [6.45, 7) is 8.96. The average Bonchev–Trinajstić information content (AvgIpc) is 3.64. The van der Waals surface area contributed by atoms with Crippen molar-refractivity contribution < 1.29 is 24.2 Å². The van der Waals surface area contributed by atoms with Crippen LogP contribution in [0.25, 0.3) is 0 Å². The van der Waals surface area contributed by atoms with Crippen molar-refractivity contribution in [2.24, 2.45) is 51.8 Å². The Morgan fingerprint density at radius 2 is 1.47 bits per heavy atom. The number of hydrogen-bond acceptors (Lipinski definition) is 5. The lowest BCUT2D eigenvalue weighted by molar-refractivity contribution is -0.128. The number of aliphatic hydroxyl groups excluding tert-OH is 1. The summed E-state index contributed by atoms with van der Waals surface area (Å²) >= 11 is 0. The monoisotopic (exact) mass is 690 g/mol. The molecule has 5 nitrogen and oxygen atoms in total. The highest BCUT2D eigenvalue weighted by molar-refractivity contribution is 5.92. The first-order valence-electron chi connectivity index (χ1n) is 20.2. The van der Waals surface area contributed by atoms with Gasteiger partial charge in [0.15, 0.2) is 5.78 Å². The minimum absolute atomic E-state index is 0.115. The quantitative estimate of drug-likeness (QED) is 0.256. The minimum Gasteiger partial charge on any atom is -0.423 e. The number of carbonyl (C=O) groups excluding carboxylic acids is 3. The molecule has 1 N–H and O–H groups in total. The SMILES string of the molecule is CC(=O)[C@H]1CC[C@H]2[C@@H]3CCC4=CC(=O)CC[C@]4(C)[C@H]3CC[C@]12C.C[C@]12CC[C@@H]3c4ccc(OC(=O)c5ccccc5)cc4CC[C@H]3[C@@H]1CC[C@@H]2O. The van der Waals surface area contributed by atoms with E-state index in [1.54, 1.807) is 19.1 Å². The molecule has 0 saturated heterocycles. The third kappa shape index (κ3) is 5.79. The molecule has 0 bridgehead atoms. The van der Waals surface area contributed by atoms with E-state index in [1.165, 1.54) is 55.2 Å².